The zero-order chi connectivity index (χ0) is 15.0. The van der Waals surface area contributed by atoms with Gasteiger partial charge in [0.2, 0.25) is 11.1 Å². The number of amides is 1. The molecule has 0 unspecified atom stereocenters. The molecule has 0 radical (unpaired) electrons. The van der Waals surface area contributed by atoms with Crippen LogP contribution in [-0.4, -0.2) is 63.4 Å². The Hall–Kier alpha value is -1.15. The number of tetrazole rings is 1. The fourth-order valence-electron chi connectivity index (χ4n) is 1.43. The number of aromatic nitrogens is 4. The zero-order valence-corrected chi connectivity index (χ0v) is 13.5. The Morgan fingerprint density at radius 2 is 2.25 bits per heavy atom. The molecule has 0 aliphatic heterocycles. The maximum absolute atomic E-state index is 11.7. The van der Waals surface area contributed by atoms with E-state index in [1.807, 2.05) is 6.92 Å². The predicted molar refractivity (Wildman–Crippen MR) is 79.6 cm³/mol. The topological polar surface area (TPSA) is 75.9 Å². The smallest absolute Gasteiger partial charge is 0.232 e. The fraction of sp³-hybridized carbons (Fsp3) is 0.833. The van der Waals surface area contributed by atoms with Crippen molar-refractivity contribution in [2.24, 2.45) is 5.92 Å². The van der Waals surface area contributed by atoms with Crippen LogP contribution in [-0.2, 0) is 11.3 Å². The van der Waals surface area contributed by atoms with Crippen molar-refractivity contribution in [1.29, 1.82) is 0 Å². The second-order valence-electron chi connectivity index (χ2n) is 4.98. The van der Waals surface area contributed by atoms with E-state index in [0.717, 1.165) is 13.1 Å². The highest BCUT2D eigenvalue weighted by Crippen LogP contribution is 2.13. The van der Waals surface area contributed by atoms with Gasteiger partial charge in [-0.05, 0) is 29.8 Å². The molecule has 1 aromatic heterocycles. The van der Waals surface area contributed by atoms with E-state index in [1.165, 1.54) is 11.8 Å². The highest BCUT2D eigenvalue weighted by molar-refractivity contribution is 7.99. The lowest BCUT2D eigenvalue weighted by Crippen LogP contribution is -2.28. The maximum Gasteiger partial charge on any atom is 0.232 e. The maximum atomic E-state index is 11.7. The van der Waals surface area contributed by atoms with Crippen LogP contribution in [0.15, 0.2) is 5.16 Å². The minimum absolute atomic E-state index is 0.0879. The van der Waals surface area contributed by atoms with Crippen molar-refractivity contribution in [1.82, 2.24) is 30.4 Å². The second-order valence-corrected chi connectivity index (χ2v) is 5.92. The molecule has 0 aliphatic carbocycles. The minimum atomic E-state index is 0.0879. The summed E-state index contributed by atoms with van der Waals surface area (Å²) >= 11 is 1.38. The van der Waals surface area contributed by atoms with Gasteiger partial charge in [0.1, 0.15) is 0 Å². The Labute approximate surface area is 124 Å². The van der Waals surface area contributed by atoms with Gasteiger partial charge >= 0.3 is 0 Å². The van der Waals surface area contributed by atoms with Gasteiger partial charge in [0, 0.05) is 20.1 Å². The number of thioether (sulfide) groups is 1. The van der Waals surface area contributed by atoms with Crippen LogP contribution in [0.3, 0.4) is 0 Å². The summed E-state index contributed by atoms with van der Waals surface area (Å²) in [6.45, 7) is 9.50. The van der Waals surface area contributed by atoms with Crippen LogP contribution >= 0.6 is 11.8 Å². The minimum Gasteiger partial charge on any atom is -0.345 e. The van der Waals surface area contributed by atoms with Crippen LogP contribution in [0.2, 0.25) is 0 Å². The van der Waals surface area contributed by atoms with Crippen LogP contribution in [0.5, 0.6) is 0 Å². The average Bonchev–Trinajstić information content (AvgIpc) is 2.87. The van der Waals surface area contributed by atoms with E-state index >= 15 is 0 Å². The lowest BCUT2D eigenvalue weighted by Gasteiger charge is -2.13. The molecule has 1 amide bonds. The van der Waals surface area contributed by atoms with Gasteiger partial charge in [0.25, 0.3) is 0 Å². The van der Waals surface area contributed by atoms with Crippen molar-refractivity contribution in [3.05, 3.63) is 0 Å². The van der Waals surface area contributed by atoms with Crippen molar-refractivity contribution in [2.45, 2.75) is 32.5 Å². The Morgan fingerprint density at radius 1 is 1.50 bits per heavy atom. The van der Waals surface area contributed by atoms with Crippen molar-refractivity contribution in [3.8, 4) is 0 Å². The molecule has 114 valence electrons. The molecule has 0 saturated heterocycles. The van der Waals surface area contributed by atoms with E-state index in [4.69, 9.17) is 0 Å². The van der Waals surface area contributed by atoms with E-state index in [1.54, 1.807) is 16.6 Å². The Balaban J connectivity index is 2.36. The summed E-state index contributed by atoms with van der Waals surface area (Å²) in [4.78, 5) is 13.4. The van der Waals surface area contributed by atoms with Gasteiger partial charge in [-0.25, -0.2) is 4.68 Å². The third kappa shape index (κ3) is 5.87. The summed E-state index contributed by atoms with van der Waals surface area (Å²) < 4.78 is 1.73. The first-order valence-electron chi connectivity index (χ1n) is 6.88. The van der Waals surface area contributed by atoms with E-state index in [2.05, 4.69) is 34.7 Å². The Bertz CT molecular complexity index is 408. The average molecular weight is 300 g/mol. The summed E-state index contributed by atoms with van der Waals surface area (Å²) in [6, 6.07) is 0. The summed E-state index contributed by atoms with van der Waals surface area (Å²) in [5.41, 5.74) is 0. The van der Waals surface area contributed by atoms with Gasteiger partial charge < -0.3 is 10.2 Å². The first kappa shape index (κ1) is 16.9. The monoisotopic (exact) mass is 300 g/mol. The molecule has 1 heterocycles. The van der Waals surface area contributed by atoms with Crippen LogP contribution in [0.25, 0.3) is 0 Å². The molecule has 0 saturated carbocycles. The third-order valence-corrected chi connectivity index (χ3v) is 3.72. The normalized spacial score (nSPS) is 11.1. The molecule has 1 aromatic rings. The highest BCUT2D eigenvalue weighted by atomic mass is 32.2. The van der Waals surface area contributed by atoms with Gasteiger partial charge in [-0.15, -0.1) is 5.10 Å². The van der Waals surface area contributed by atoms with Crippen LogP contribution < -0.4 is 5.32 Å². The Kier molecular flexibility index (Phi) is 7.53. The number of carbonyl (C=O) groups excluding carboxylic acids is 1. The second kappa shape index (κ2) is 8.91. The van der Waals surface area contributed by atoms with Gasteiger partial charge in [-0.1, -0.05) is 25.6 Å². The van der Waals surface area contributed by atoms with Crippen molar-refractivity contribution in [2.75, 3.05) is 32.4 Å². The van der Waals surface area contributed by atoms with Gasteiger partial charge in [-0.2, -0.15) is 0 Å². The summed E-state index contributed by atoms with van der Waals surface area (Å²) in [5.74, 6) is 1.08. The van der Waals surface area contributed by atoms with E-state index < -0.39 is 0 Å². The summed E-state index contributed by atoms with van der Waals surface area (Å²) in [5, 5.41) is 15.6. The number of nitrogens with zero attached hydrogens (tertiary/aromatic N) is 5. The van der Waals surface area contributed by atoms with Crippen molar-refractivity contribution in [3.63, 3.8) is 0 Å². The number of nitrogens with one attached hydrogen (secondary N) is 1. The highest BCUT2D eigenvalue weighted by Gasteiger charge is 2.11. The van der Waals surface area contributed by atoms with E-state index in [9.17, 15) is 4.79 Å². The van der Waals surface area contributed by atoms with Gasteiger partial charge in [0.15, 0.2) is 0 Å². The number of hydrogen-bond donors (Lipinski definition) is 1. The summed E-state index contributed by atoms with van der Waals surface area (Å²) in [6.07, 6.45) is 0. The SMILES string of the molecule is CCN(C)C(=O)CSc1nnnn1CCNCC(C)C. The molecule has 0 aliphatic rings. The Morgan fingerprint density at radius 3 is 2.90 bits per heavy atom. The molecular weight excluding hydrogens is 276 g/mol. The molecule has 0 atom stereocenters. The van der Waals surface area contributed by atoms with Crippen LogP contribution in [0.1, 0.15) is 20.8 Å². The van der Waals surface area contributed by atoms with Crippen molar-refractivity contribution >= 4 is 17.7 Å². The molecule has 1 N–H and O–H groups in total. The molecule has 1 rings (SSSR count). The zero-order valence-electron chi connectivity index (χ0n) is 12.7. The molecule has 8 heteroatoms. The molecule has 20 heavy (non-hydrogen) atoms. The molecule has 0 bridgehead atoms. The van der Waals surface area contributed by atoms with Crippen molar-refractivity contribution < 1.29 is 4.79 Å². The first-order chi connectivity index (χ1) is 9.54. The standard InChI is InChI=1S/C12H24N6OS/c1-5-17(4)11(19)9-20-12-14-15-16-18(12)7-6-13-8-10(2)3/h10,13H,5-9H2,1-4H3. The molecule has 0 spiro atoms. The third-order valence-electron chi connectivity index (χ3n) is 2.78. The largest absolute Gasteiger partial charge is 0.345 e. The predicted octanol–water partition coefficient (Wildman–Crippen LogP) is 0.489. The van der Waals surface area contributed by atoms with Crippen LogP contribution in [0, 0.1) is 5.92 Å². The molecule has 7 nitrogen and oxygen atoms in total. The van der Waals surface area contributed by atoms with E-state index in [-0.39, 0.29) is 5.91 Å². The molecular formula is C12H24N6OS. The van der Waals surface area contributed by atoms with E-state index in [0.29, 0.717) is 29.9 Å². The first-order valence-corrected chi connectivity index (χ1v) is 7.86. The lowest BCUT2D eigenvalue weighted by molar-refractivity contribution is -0.126. The van der Waals surface area contributed by atoms with Gasteiger partial charge in [-0.3, -0.25) is 4.79 Å². The van der Waals surface area contributed by atoms with Crippen LogP contribution in [0.4, 0.5) is 0 Å². The number of hydrogen-bond acceptors (Lipinski definition) is 6. The quantitative estimate of drug-likeness (QED) is 0.528. The summed E-state index contributed by atoms with van der Waals surface area (Å²) in [7, 11) is 1.79. The van der Waals surface area contributed by atoms with Gasteiger partial charge in [0.05, 0.1) is 12.3 Å². The molecule has 0 aromatic carbocycles. The molecule has 0 fully saturated rings. The number of rotatable bonds is 9. The lowest BCUT2D eigenvalue weighted by atomic mass is 10.2. The fourth-order valence-corrected chi connectivity index (χ4v) is 2.27. The number of carbonyl (C=O) groups is 1.